The summed E-state index contributed by atoms with van der Waals surface area (Å²) in [7, 11) is 0. The SMILES string of the molecule is C/C=C/C=C1/CCCCC1C. The van der Waals surface area contributed by atoms with Crippen LogP contribution in [0.5, 0.6) is 0 Å². The molecule has 0 heteroatoms. The Bertz CT molecular complexity index is 163. The lowest BCUT2D eigenvalue weighted by Gasteiger charge is -2.20. The van der Waals surface area contributed by atoms with Crippen LogP contribution in [0.15, 0.2) is 23.8 Å². The van der Waals surface area contributed by atoms with Gasteiger partial charge in [-0.05, 0) is 32.1 Å². The van der Waals surface area contributed by atoms with Crippen LogP contribution in [0.25, 0.3) is 0 Å². The van der Waals surface area contributed by atoms with Crippen LogP contribution in [0.2, 0.25) is 0 Å². The number of allylic oxidation sites excluding steroid dienone is 4. The van der Waals surface area contributed by atoms with E-state index in [-0.39, 0.29) is 0 Å². The summed E-state index contributed by atoms with van der Waals surface area (Å²) in [6.07, 6.45) is 12.1. The van der Waals surface area contributed by atoms with E-state index in [2.05, 4.69) is 32.1 Å². The van der Waals surface area contributed by atoms with Gasteiger partial charge in [0.2, 0.25) is 0 Å². The van der Waals surface area contributed by atoms with Crippen molar-refractivity contribution in [2.75, 3.05) is 0 Å². The molecule has 0 spiro atoms. The third kappa shape index (κ3) is 2.53. The van der Waals surface area contributed by atoms with Gasteiger partial charge in [-0.2, -0.15) is 0 Å². The average molecular weight is 150 g/mol. The first-order chi connectivity index (χ1) is 5.34. The van der Waals surface area contributed by atoms with Gasteiger partial charge in [-0.25, -0.2) is 0 Å². The first kappa shape index (κ1) is 8.58. The fourth-order valence-electron chi connectivity index (χ4n) is 1.68. The van der Waals surface area contributed by atoms with E-state index in [1.54, 1.807) is 5.57 Å². The van der Waals surface area contributed by atoms with Crippen LogP contribution in [0.4, 0.5) is 0 Å². The summed E-state index contributed by atoms with van der Waals surface area (Å²) in [5.41, 5.74) is 1.65. The summed E-state index contributed by atoms with van der Waals surface area (Å²) < 4.78 is 0. The monoisotopic (exact) mass is 150 g/mol. The molecule has 0 saturated heterocycles. The fraction of sp³-hybridized carbons (Fsp3) is 0.636. The third-order valence-corrected chi connectivity index (χ3v) is 2.49. The van der Waals surface area contributed by atoms with Crippen LogP contribution in [0.1, 0.15) is 39.5 Å². The molecule has 0 N–H and O–H groups in total. The molecule has 0 heterocycles. The van der Waals surface area contributed by atoms with Crippen molar-refractivity contribution in [1.82, 2.24) is 0 Å². The van der Waals surface area contributed by atoms with Crippen LogP contribution in [0, 0.1) is 5.92 Å². The molecule has 0 aromatic heterocycles. The maximum Gasteiger partial charge on any atom is -0.0229 e. The van der Waals surface area contributed by atoms with Gasteiger partial charge in [0.1, 0.15) is 0 Å². The van der Waals surface area contributed by atoms with Crippen molar-refractivity contribution < 1.29 is 0 Å². The zero-order valence-corrected chi connectivity index (χ0v) is 7.64. The summed E-state index contributed by atoms with van der Waals surface area (Å²) in [6, 6.07) is 0. The minimum absolute atomic E-state index is 0.833. The third-order valence-electron chi connectivity index (χ3n) is 2.49. The Morgan fingerprint density at radius 2 is 2.18 bits per heavy atom. The standard InChI is InChI=1S/C11H18/c1-3-4-8-11-9-6-5-7-10(11)2/h3-4,8,10H,5-7,9H2,1-2H3/b4-3+,11-8-. The highest BCUT2D eigenvalue weighted by Crippen LogP contribution is 2.28. The predicted octanol–water partition coefficient (Wildman–Crippen LogP) is 3.70. The lowest BCUT2D eigenvalue weighted by Crippen LogP contribution is -2.05. The molecular formula is C11H18. The van der Waals surface area contributed by atoms with E-state index < -0.39 is 0 Å². The number of hydrogen-bond donors (Lipinski definition) is 0. The Balaban J connectivity index is 2.53. The molecule has 0 aromatic rings. The molecule has 1 atom stereocenters. The van der Waals surface area contributed by atoms with Gasteiger partial charge in [-0.15, -0.1) is 0 Å². The normalized spacial score (nSPS) is 30.0. The van der Waals surface area contributed by atoms with Crippen molar-refractivity contribution in [3.05, 3.63) is 23.8 Å². The minimum atomic E-state index is 0.833. The van der Waals surface area contributed by atoms with Crippen LogP contribution in [-0.4, -0.2) is 0 Å². The quantitative estimate of drug-likeness (QED) is 0.534. The summed E-state index contributed by atoms with van der Waals surface area (Å²) in [5, 5.41) is 0. The average Bonchev–Trinajstić information content (AvgIpc) is 2.03. The van der Waals surface area contributed by atoms with Gasteiger partial charge in [0.05, 0.1) is 0 Å². The molecule has 11 heavy (non-hydrogen) atoms. The van der Waals surface area contributed by atoms with Gasteiger partial charge in [-0.3, -0.25) is 0 Å². The van der Waals surface area contributed by atoms with E-state index in [1.807, 2.05) is 0 Å². The van der Waals surface area contributed by atoms with Gasteiger partial charge in [-0.1, -0.05) is 37.1 Å². The van der Waals surface area contributed by atoms with Gasteiger partial charge in [0, 0.05) is 0 Å². The molecule has 0 amide bonds. The molecule has 1 fully saturated rings. The molecular weight excluding hydrogens is 132 g/mol. The molecule has 1 aliphatic carbocycles. The molecule has 1 aliphatic rings. The van der Waals surface area contributed by atoms with Crippen molar-refractivity contribution in [1.29, 1.82) is 0 Å². The second-order valence-corrected chi connectivity index (χ2v) is 3.41. The van der Waals surface area contributed by atoms with E-state index in [0.29, 0.717) is 0 Å². The molecule has 1 rings (SSSR count). The molecule has 0 bridgehead atoms. The Kier molecular flexibility index (Phi) is 3.41. The highest BCUT2D eigenvalue weighted by molar-refractivity contribution is 5.15. The van der Waals surface area contributed by atoms with Gasteiger partial charge < -0.3 is 0 Å². The van der Waals surface area contributed by atoms with E-state index >= 15 is 0 Å². The molecule has 1 saturated carbocycles. The van der Waals surface area contributed by atoms with E-state index in [9.17, 15) is 0 Å². The Labute approximate surface area is 70.0 Å². The maximum absolute atomic E-state index is 2.34. The van der Waals surface area contributed by atoms with Crippen molar-refractivity contribution in [2.45, 2.75) is 39.5 Å². The van der Waals surface area contributed by atoms with Crippen LogP contribution >= 0.6 is 0 Å². The zero-order valence-electron chi connectivity index (χ0n) is 7.64. The Morgan fingerprint density at radius 3 is 2.82 bits per heavy atom. The maximum atomic E-state index is 2.34. The van der Waals surface area contributed by atoms with Gasteiger partial charge in [0.25, 0.3) is 0 Å². The highest BCUT2D eigenvalue weighted by atomic mass is 14.2. The number of hydrogen-bond acceptors (Lipinski definition) is 0. The second-order valence-electron chi connectivity index (χ2n) is 3.41. The molecule has 62 valence electrons. The Morgan fingerprint density at radius 1 is 1.36 bits per heavy atom. The van der Waals surface area contributed by atoms with Crippen molar-refractivity contribution in [3.8, 4) is 0 Å². The molecule has 0 aliphatic heterocycles. The van der Waals surface area contributed by atoms with E-state index in [1.165, 1.54) is 25.7 Å². The van der Waals surface area contributed by atoms with Crippen molar-refractivity contribution in [2.24, 2.45) is 5.92 Å². The summed E-state index contributed by atoms with van der Waals surface area (Å²) >= 11 is 0. The van der Waals surface area contributed by atoms with Crippen LogP contribution < -0.4 is 0 Å². The highest BCUT2D eigenvalue weighted by Gasteiger charge is 2.12. The zero-order chi connectivity index (χ0) is 8.10. The largest absolute Gasteiger partial charge is 0.0877 e. The summed E-state index contributed by atoms with van der Waals surface area (Å²) in [5.74, 6) is 0.833. The second kappa shape index (κ2) is 4.38. The minimum Gasteiger partial charge on any atom is -0.0877 e. The van der Waals surface area contributed by atoms with Crippen LogP contribution in [-0.2, 0) is 0 Å². The first-order valence-corrected chi connectivity index (χ1v) is 4.66. The lowest BCUT2D eigenvalue weighted by atomic mass is 9.85. The molecule has 0 radical (unpaired) electrons. The summed E-state index contributed by atoms with van der Waals surface area (Å²) in [4.78, 5) is 0. The van der Waals surface area contributed by atoms with Crippen LogP contribution in [0.3, 0.4) is 0 Å². The van der Waals surface area contributed by atoms with Gasteiger partial charge >= 0.3 is 0 Å². The number of rotatable bonds is 1. The summed E-state index contributed by atoms with van der Waals surface area (Å²) in [6.45, 7) is 4.42. The van der Waals surface area contributed by atoms with Crippen molar-refractivity contribution >= 4 is 0 Å². The molecule has 0 nitrogen and oxygen atoms in total. The smallest absolute Gasteiger partial charge is 0.0229 e. The molecule has 1 unspecified atom stereocenters. The fourth-order valence-corrected chi connectivity index (χ4v) is 1.68. The van der Waals surface area contributed by atoms with E-state index in [0.717, 1.165) is 5.92 Å². The topological polar surface area (TPSA) is 0 Å². The first-order valence-electron chi connectivity index (χ1n) is 4.66. The lowest BCUT2D eigenvalue weighted by molar-refractivity contribution is 0.484. The van der Waals surface area contributed by atoms with Gasteiger partial charge in [0.15, 0.2) is 0 Å². The predicted molar refractivity (Wildman–Crippen MR) is 50.5 cm³/mol. The Hall–Kier alpha value is -0.520. The van der Waals surface area contributed by atoms with Crippen molar-refractivity contribution in [3.63, 3.8) is 0 Å². The van der Waals surface area contributed by atoms with E-state index in [4.69, 9.17) is 0 Å². The molecule has 0 aromatic carbocycles.